The van der Waals surface area contributed by atoms with Gasteiger partial charge >= 0.3 is 131 Å². The van der Waals surface area contributed by atoms with E-state index in [1.807, 2.05) is 5.82 Å². The second-order valence-corrected chi connectivity index (χ2v) is 7.25. The summed E-state index contributed by atoms with van der Waals surface area (Å²) in [5.41, 5.74) is 2.57. The molecule has 21 heavy (non-hydrogen) atoms. The Morgan fingerprint density at radius 3 is 2.67 bits per heavy atom. The van der Waals surface area contributed by atoms with Crippen molar-refractivity contribution in [2.24, 2.45) is 0 Å². The summed E-state index contributed by atoms with van der Waals surface area (Å²) >= 11 is 0.0614. The van der Waals surface area contributed by atoms with Gasteiger partial charge in [0.25, 0.3) is 0 Å². The first-order valence-electron chi connectivity index (χ1n) is 7.28. The number of carbonyl (C=O) groups excluding carboxylic acids is 1. The Morgan fingerprint density at radius 1 is 1.29 bits per heavy atom. The average Bonchev–Trinajstić information content (AvgIpc) is 3.01. The molecule has 114 valence electrons. The second kappa shape index (κ2) is 5.99. The Hall–Kier alpha value is -1.03. The quantitative estimate of drug-likeness (QED) is 0.776. The summed E-state index contributed by atoms with van der Waals surface area (Å²) in [5, 5.41) is 0. The molecule has 1 aromatic carbocycles. The van der Waals surface area contributed by atoms with Gasteiger partial charge in [-0.15, -0.1) is 0 Å². The van der Waals surface area contributed by atoms with Crippen LogP contribution in [0.2, 0.25) is 5.82 Å². The summed E-state index contributed by atoms with van der Waals surface area (Å²) in [6.45, 7) is 1.03. The van der Waals surface area contributed by atoms with Crippen LogP contribution in [0.3, 0.4) is 0 Å². The molecule has 2 atom stereocenters. The van der Waals surface area contributed by atoms with Crippen molar-refractivity contribution in [2.75, 3.05) is 20.8 Å². The first kappa shape index (κ1) is 14.9. The van der Waals surface area contributed by atoms with Gasteiger partial charge in [0, 0.05) is 0 Å². The van der Waals surface area contributed by atoms with E-state index in [1.54, 1.807) is 14.2 Å². The SMILES string of the molecule is COc1cc2c(cc1OC)[C@H]1CCCN1[C@H](C(=O)[Se]C)C2. The van der Waals surface area contributed by atoms with Gasteiger partial charge in [0.05, 0.1) is 0 Å². The van der Waals surface area contributed by atoms with Gasteiger partial charge in [-0.2, -0.15) is 0 Å². The fourth-order valence-corrected chi connectivity index (χ4v) is 4.63. The molecular formula is C16H21NO3Se. The molecule has 2 aliphatic heterocycles. The molecule has 0 saturated carbocycles. The van der Waals surface area contributed by atoms with Crippen LogP contribution in [0.1, 0.15) is 30.0 Å². The molecule has 1 fully saturated rings. The molecule has 0 radical (unpaired) electrons. The van der Waals surface area contributed by atoms with Crippen LogP contribution in [0.25, 0.3) is 0 Å². The molecule has 0 amide bonds. The molecular weight excluding hydrogens is 333 g/mol. The van der Waals surface area contributed by atoms with E-state index in [1.165, 1.54) is 17.5 Å². The number of benzene rings is 1. The molecule has 0 N–H and O–H groups in total. The van der Waals surface area contributed by atoms with Crippen molar-refractivity contribution < 1.29 is 14.3 Å². The fraction of sp³-hybridized carbons (Fsp3) is 0.562. The summed E-state index contributed by atoms with van der Waals surface area (Å²) in [6.07, 6.45) is 3.10. The average molecular weight is 354 g/mol. The Balaban J connectivity index is 2.05. The van der Waals surface area contributed by atoms with Crippen LogP contribution in [-0.2, 0) is 11.2 Å². The molecule has 3 rings (SSSR count). The molecule has 0 bridgehead atoms. The van der Waals surface area contributed by atoms with Crippen molar-refractivity contribution in [3.05, 3.63) is 23.3 Å². The number of hydrogen-bond acceptors (Lipinski definition) is 4. The third kappa shape index (κ3) is 2.48. The molecule has 0 aromatic heterocycles. The summed E-state index contributed by atoms with van der Waals surface area (Å²) in [5.74, 6) is 3.56. The van der Waals surface area contributed by atoms with Crippen molar-refractivity contribution in [1.82, 2.24) is 4.90 Å². The Bertz CT molecular complexity index is 561. The number of rotatable bonds is 4. The number of nitrogens with zero attached hydrogens (tertiary/aromatic N) is 1. The summed E-state index contributed by atoms with van der Waals surface area (Å²) in [6, 6.07) is 4.60. The van der Waals surface area contributed by atoms with Gasteiger partial charge in [0.15, 0.2) is 0 Å². The number of fused-ring (bicyclic) bond motifs is 3. The van der Waals surface area contributed by atoms with E-state index >= 15 is 0 Å². The van der Waals surface area contributed by atoms with Crippen molar-refractivity contribution in [1.29, 1.82) is 0 Å². The van der Waals surface area contributed by atoms with Gasteiger partial charge in [-0.25, -0.2) is 0 Å². The summed E-state index contributed by atoms with van der Waals surface area (Å²) < 4.78 is 11.3. The van der Waals surface area contributed by atoms with Crippen LogP contribution in [0.15, 0.2) is 12.1 Å². The fourth-order valence-electron chi connectivity index (χ4n) is 3.60. The minimum absolute atomic E-state index is 0.0614. The monoisotopic (exact) mass is 355 g/mol. The second-order valence-electron chi connectivity index (χ2n) is 5.54. The van der Waals surface area contributed by atoms with Gasteiger partial charge in [-0.05, 0) is 0 Å². The molecule has 0 spiro atoms. The van der Waals surface area contributed by atoms with E-state index in [0.717, 1.165) is 30.9 Å². The van der Waals surface area contributed by atoms with Crippen molar-refractivity contribution in [3.8, 4) is 11.5 Å². The standard InChI is InChI=1S/C16H21NO3Se/c1-19-14-8-10-7-13(16(18)21-3)17-6-4-5-12(17)11(10)9-15(14)20-2/h8-9,12-13H,4-7H2,1-3H3/t12-,13+/m1/s1. The normalized spacial score (nSPS) is 24.3. The van der Waals surface area contributed by atoms with Crippen LogP contribution >= 0.6 is 0 Å². The Kier molecular flexibility index (Phi) is 4.25. The van der Waals surface area contributed by atoms with E-state index < -0.39 is 0 Å². The zero-order chi connectivity index (χ0) is 15.0. The van der Waals surface area contributed by atoms with E-state index in [2.05, 4.69) is 17.0 Å². The molecule has 2 heterocycles. The predicted octanol–water partition coefficient (Wildman–Crippen LogP) is 2.04. The number of methoxy groups -OCH3 is 2. The Morgan fingerprint density at radius 2 is 2.00 bits per heavy atom. The van der Waals surface area contributed by atoms with Gasteiger partial charge in [-0.1, -0.05) is 0 Å². The molecule has 1 saturated heterocycles. The van der Waals surface area contributed by atoms with Crippen molar-refractivity contribution >= 4 is 19.6 Å². The number of ether oxygens (including phenoxy) is 2. The summed E-state index contributed by atoms with van der Waals surface area (Å²) in [4.78, 5) is 14.7. The third-order valence-corrected chi connectivity index (χ3v) is 6.00. The van der Waals surface area contributed by atoms with E-state index in [0.29, 0.717) is 10.7 Å². The van der Waals surface area contributed by atoms with Crippen molar-refractivity contribution in [2.45, 2.75) is 37.2 Å². The molecule has 0 unspecified atom stereocenters. The van der Waals surface area contributed by atoms with Gasteiger partial charge < -0.3 is 0 Å². The topological polar surface area (TPSA) is 38.8 Å². The zero-order valence-corrected chi connectivity index (χ0v) is 14.4. The predicted molar refractivity (Wildman–Crippen MR) is 82.3 cm³/mol. The molecule has 2 aliphatic rings. The Labute approximate surface area is 131 Å². The number of carbonyl (C=O) groups is 1. The molecule has 4 nitrogen and oxygen atoms in total. The molecule has 5 heteroatoms. The first-order valence-corrected chi connectivity index (χ1v) is 9.85. The van der Waals surface area contributed by atoms with E-state index in [4.69, 9.17) is 9.47 Å². The van der Waals surface area contributed by atoms with Gasteiger partial charge in [0.2, 0.25) is 0 Å². The maximum absolute atomic E-state index is 12.3. The summed E-state index contributed by atoms with van der Waals surface area (Å²) in [7, 11) is 3.33. The third-order valence-electron chi connectivity index (χ3n) is 4.59. The minimum atomic E-state index is 0.0614. The van der Waals surface area contributed by atoms with E-state index in [-0.39, 0.29) is 21.0 Å². The van der Waals surface area contributed by atoms with Crippen molar-refractivity contribution in [3.63, 3.8) is 0 Å². The molecule has 0 aliphatic carbocycles. The van der Waals surface area contributed by atoms with Crippen LogP contribution in [0, 0.1) is 0 Å². The van der Waals surface area contributed by atoms with Gasteiger partial charge in [-0.3, -0.25) is 0 Å². The number of hydrogen-bond donors (Lipinski definition) is 0. The zero-order valence-electron chi connectivity index (χ0n) is 12.7. The van der Waals surface area contributed by atoms with Crippen LogP contribution in [-0.4, -0.2) is 51.3 Å². The van der Waals surface area contributed by atoms with Crippen LogP contribution < -0.4 is 9.47 Å². The maximum atomic E-state index is 12.3. The molecule has 1 aromatic rings. The van der Waals surface area contributed by atoms with E-state index in [9.17, 15) is 4.79 Å². The van der Waals surface area contributed by atoms with Crippen LogP contribution in [0.5, 0.6) is 11.5 Å². The first-order chi connectivity index (χ1) is 10.2. The van der Waals surface area contributed by atoms with Gasteiger partial charge in [0.1, 0.15) is 0 Å². The van der Waals surface area contributed by atoms with Crippen LogP contribution in [0.4, 0.5) is 0 Å².